The number of hydrogen-bond donors (Lipinski definition) is 1. The second kappa shape index (κ2) is 5.95. The van der Waals surface area contributed by atoms with Crippen LogP contribution in [-0.2, 0) is 0 Å². The van der Waals surface area contributed by atoms with Crippen LogP contribution in [0.1, 0.15) is 35.0 Å². The Balaban J connectivity index is 1.75. The summed E-state index contributed by atoms with van der Waals surface area (Å²) >= 11 is 0. The number of hydrogen-bond acceptors (Lipinski definition) is 5. The molecule has 0 aromatic carbocycles. The van der Waals surface area contributed by atoms with Crippen molar-refractivity contribution in [3.05, 3.63) is 42.2 Å². The first-order valence-corrected chi connectivity index (χ1v) is 7.10. The lowest BCUT2D eigenvalue weighted by Crippen LogP contribution is -2.39. The number of carbonyl (C=O) groups excluding carboxylic acids is 1. The van der Waals surface area contributed by atoms with E-state index in [-0.39, 0.29) is 11.8 Å². The van der Waals surface area contributed by atoms with Gasteiger partial charge in [0.2, 0.25) is 5.76 Å². The van der Waals surface area contributed by atoms with Crippen molar-refractivity contribution >= 4 is 11.7 Å². The lowest BCUT2D eigenvalue weighted by Gasteiger charge is -2.32. The van der Waals surface area contributed by atoms with Crippen LogP contribution in [-0.4, -0.2) is 40.9 Å². The van der Waals surface area contributed by atoms with Crippen LogP contribution in [0.2, 0.25) is 0 Å². The zero-order valence-corrected chi connectivity index (χ0v) is 12.0. The Morgan fingerprint density at radius 2 is 2.38 bits per heavy atom. The summed E-state index contributed by atoms with van der Waals surface area (Å²) < 4.78 is 5.10. The van der Waals surface area contributed by atoms with Crippen LogP contribution in [0.15, 0.2) is 35.2 Å². The van der Waals surface area contributed by atoms with E-state index in [1.165, 1.54) is 12.6 Å². The quantitative estimate of drug-likeness (QED) is 0.936. The van der Waals surface area contributed by atoms with Gasteiger partial charge in [0, 0.05) is 31.7 Å². The molecule has 1 aliphatic rings. The van der Waals surface area contributed by atoms with Crippen molar-refractivity contribution in [3.63, 3.8) is 0 Å². The van der Waals surface area contributed by atoms with Gasteiger partial charge in [0.15, 0.2) is 6.39 Å². The molecule has 1 atom stereocenters. The number of rotatable bonds is 3. The Kier molecular flexibility index (Phi) is 3.85. The van der Waals surface area contributed by atoms with Gasteiger partial charge in [-0.25, -0.2) is 9.97 Å². The summed E-state index contributed by atoms with van der Waals surface area (Å²) in [7, 11) is 1.85. The van der Waals surface area contributed by atoms with Crippen LogP contribution in [0.25, 0.3) is 0 Å². The van der Waals surface area contributed by atoms with Crippen molar-refractivity contribution in [2.75, 3.05) is 25.5 Å². The van der Waals surface area contributed by atoms with E-state index >= 15 is 0 Å². The summed E-state index contributed by atoms with van der Waals surface area (Å²) in [4.78, 5) is 22.5. The average Bonchev–Trinajstić information content (AvgIpc) is 3.09. The predicted molar refractivity (Wildman–Crippen MR) is 78.2 cm³/mol. The topological polar surface area (TPSA) is 71.3 Å². The van der Waals surface area contributed by atoms with Crippen molar-refractivity contribution in [1.82, 2.24) is 14.9 Å². The lowest BCUT2D eigenvalue weighted by molar-refractivity contribution is 0.0674. The van der Waals surface area contributed by atoms with E-state index in [1.54, 1.807) is 0 Å². The van der Waals surface area contributed by atoms with E-state index in [4.69, 9.17) is 4.42 Å². The van der Waals surface area contributed by atoms with Gasteiger partial charge in [-0.05, 0) is 25.0 Å². The number of piperidine rings is 1. The molecule has 1 fully saturated rings. The molecule has 6 nitrogen and oxygen atoms in total. The highest BCUT2D eigenvalue weighted by molar-refractivity contribution is 5.91. The fraction of sp³-hybridized carbons (Fsp3) is 0.400. The Labute approximate surface area is 123 Å². The summed E-state index contributed by atoms with van der Waals surface area (Å²) in [5.41, 5.74) is 1.02. The van der Waals surface area contributed by atoms with Gasteiger partial charge in [-0.1, -0.05) is 6.07 Å². The molecule has 1 saturated heterocycles. The van der Waals surface area contributed by atoms with Crippen molar-refractivity contribution in [3.8, 4) is 0 Å². The second-order valence-electron chi connectivity index (χ2n) is 5.15. The Morgan fingerprint density at radius 3 is 3.14 bits per heavy atom. The van der Waals surface area contributed by atoms with E-state index in [0.29, 0.717) is 12.3 Å². The smallest absolute Gasteiger partial charge is 0.291 e. The highest BCUT2D eigenvalue weighted by Gasteiger charge is 2.27. The van der Waals surface area contributed by atoms with Gasteiger partial charge in [-0.2, -0.15) is 0 Å². The van der Waals surface area contributed by atoms with Crippen LogP contribution in [0.3, 0.4) is 0 Å². The molecule has 0 radical (unpaired) electrons. The molecule has 6 heteroatoms. The molecule has 21 heavy (non-hydrogen) atoms. The van der Waals surface area contributed by atoms with E-state index in [2.05, 4.69) is 15.3 Å². The van der Waals surface area contributed by atoms with Crippen molar-refractivity contribution < 1.29 is 9.21 Å². The van der Waals surface area contributed by atoms with Crippen molar-refractivity contribution in [1.29, 1.82) is 0 Å². The van der Waals surface area contributed by atoms with Gasteiger partial charge in [0.1, 0.15) is 5.82 Å². The second-order valence-corrected chi connectivity index (χ2v) is 5.15. The maximum Gasteiger partial charge on any atom is 0.291 e. The molecule has 1 amide bonds. The Morgan fingerprint density at radius 1 is 1.48 bits per heavy atom. The molecule has 1 N–H and O–H groups in total. The van der Waals surface area contributed by atoms with Crippen molar-refractivity contribution in [2.24, 2.45) is 0 Å². The normalized spacial score (nSPS) is 18.5. The Bertz CT molecular complexity index is 612. The number of nitrogens with one attached hydrogen (secondary N) is 1. The van der Waals surface area contributed by atoms with Crippen LogP contribution >= 0.6 is 0 Å². The standard InChI is InChI=1S/C15H18N4O2/c1-16-14-6-2-5-12(18-14)11-4-3-7-19(9-11)15(20)13-8-17-10-21-13/h2,5-6,8,10-11H,3-4,7,9H2,1H3,(H,16,18)/t11-/m0/s1. The summed E-state index contributed by atoms with van der Waals surface area (Å²) in [6.45, 7) is 1.42. The lowest BCUT2D eigenvalue weighted by atomic mass is 9.94. The zero-order chi connectivity index (χ0) is 14.7. The van der Waals surface area contributed by atoms with E-state index in [1.807, 2.05) is 30.1 Å². The van der Waals surface area contributed by atoms with Gasteiger partial charge in [0.25, 0.3) is 5.91 Å². The zero-order valence-electron chi connectivity index (χ0n) is 12.0. The minimum Gasteiger partial charge on any atom is -0.438 e. The number of nitrogens with zero attached hydrogens (tertiary/aromatic N) is 3. The van der Waals surface area contributed by atoms with Gasteiger partial charge in [0.05, 0.1) is 6.20 Å². The first-order chi connectivity index (χ1) is 10.3. The maximum absolute atomic E-state index is 12.3. The number of aromatic nitrogens is 2. The minimum atomic E-state index is -0.0954. The number of likely N-dealkylation sites (tertiary alicyclic amines) is 1. The molecule has 2 aromatic heterocycles. The Hall–Kier alpha value is -2.37. The van der Waals surface area contributed by atoms with Gasteiger partial charge in [-0.3, -0.25) is 4.79 Å². The SMILES string of the molecule is CNc1cccc([C@H]2CCCN(C(=O)c3cnco3)C2)n1. The van der Waals surface area contributed by atoms with Crippen molar-refractivity contribution in [2.45, 2.75) is 18.8 Å². The molecule has 0 saturated carbocycles. The van der Waals surface area contributed by atoms with E-state index < -0.39 is 0 Å². The molecule has 110 valence electrons. The molecule has 3 heterocycles. The third kappa shape index (κ3) is 2.89. The molecular formula is C15H18N4O2. The third-order valence-electron chi connectivity index (χ3n) is 3.80. The molecule has 0 spiro atoms. The van der Waals surface area contributed by atoms with Crippen LogP contribution in [0, 0.1) is 0 Å². The molecule has 2 aromatic rings. The molecule has 0 unspecified atom stereocenters. The molecule has 0 aliphatic carbocycles. The van der Waals surface area contributed by atoms with Crippen LogP contribution < -0.4 is 5.32 Å². The first kappa shape index (κ1) is 13.6. The highest BCUT2D eigenvalue weighted by Crippen LogP contribution is 2.27. The highest BCUT2D eigenvalue weighted by atomic mass is 16.3. The minimum absolute atomic E-state index is 0.0954. The first-order valence-electron chi connectivity index (χ1n) is 7.10. The summed E-state index contributed by atoms with van der Waals surface area (Å²) in [6.07, 6.45) is 4.76. The average molecular weight is 286 g/mol. The molecule has 0 bridgehead atoms. The monoisotopic (exact) mass is 286 g/mol. The van der Waals surface area contributed by atoms with Crippen LogP contribution in [0.4, 0.5) is 5.82 Å². The summed E-state index contributed by atoms with van der Waals surface area (Å²) in [5, 5.41) is 3.05. The van der Waals surface area contributed by atoms with Gasteiger partial charge in [-0.15, -0.1) is 0 Å². The van der Waals surface area contributed by atoms with Gasteiger partial charge < -0.3 is 14.6 Å². The summed E-state index contributed by atoms with van der Waals surface area (Å²) in [5.74, 6) is 1.32. The number of carbonyl (C=O) groups is 1. The van der Waals surface area contributed by atoms with E-state index in [0.717, 1.165) is 30.9 Å². The fourth-order valence-electron chi connectivity index (χ4n) is 2.70. The predicted octanol–water partition coefficient (Wildman–Crippen LogP) is 2.13. The largest absolute Gasteiger partial charge is 0.438 e. The van der Waals surface area contributed by atoms with Crippen LogP contribution in [0.5, 0.6) is 0 Å². The number of anilines is 1. The number of pyridine rings is 1. The maximum atomic E-state index is 12.3. The molecular weight excluding hydrogens is 268 g/mol. The fourth-order valence-corrected chi connectivity index (χ4v) is 2.70. The summed E-state index contributed by atoms with van der Waals surface area (Å²) in [6, 6.07) is 5.95. The molecule has 1 aliphatic heterocycles. The number of oxazole rings is 1. The van der Waals surface area contributed by atoms with Gasteiger partial charge >= 0.3 is 0 Å². The van der Waals surface area contributed by atoms with E-state index in [9.17, 15) is 4.79 Å². The molecule has 3 rings (SSSR count). The number of amides is 1. The third-order valence-corrected chi connectivity index (χ3v) is 3.80.